The first kappa shape index (κ1) is 12.8. The summed E-state index contributed by atoms with van der Waals surface area (Å²) in [6, 6.07) is 0. The number of ether oxygens (including phenoxy) is 4. The zero-order chi connectivity index (χ0) is 11.6. The number of hydrogen-bond acceptors (Lipinski definition) is 5. The van der Waals surface area contributed by atoms with E-state index in [1.807, 2.05) is 0 Å². The molecule has 0 aliphatic carbocycles. The van der Waals surface area contributed by atoms with Gasteiger partial charge in [-0.2, -0.15) is 0 Å². The lowest BCUT2D eigenvalue weighted by Crippen LogP contribution is -2.28. The fourth-order valence-corrected chi connectivity index (χ4v) is 0.919. The minimum Gasteiger partial charge on any atom is -0.500 e. The molecule has 16 heavy (non-hydrogen) atoms. The Morgan fingerprint density at radius 2 is 2.31 bits per heavy atom. The SMILES string of the molecule is C=COCCNC(=O)OCCOCC1CO1. The van der Waals surface area contributed by atoms with Crippen molar-refractivity contribution in [1.29, 1.82) is 0 Å². The van der Waals surface area contributed by atoms with Crippen LogP contribution in [0.5, 0.6) is 0 Å². The zero-order valence-corrected chi connectivity index (χ0v) is 9.15. The molecule has 1 saturated heterocycles. The van der Waals surface area contributed by atoms with Crippen molar-refractivity contribution < 1.29 is 23.7 Å². The maximum absolute atomic E-state index is 11.0. The van der Waals surface area contributed by atoms with Gasteiger partial charge in [0.15, 0.2) is 0 Å². The number of carbonyl (C=O) groups excluding carboxylic acids is 1. The summed E-state index contributed by atoms with van der Waals surface area (Å²) in [5.74, 6) is 0. The van der Waals surface area contributed by atoms with Crippen LogP contribution in [-0.4, -0.2) is 51.8 Å². The fraction of sp³-hybridized carbons (Fsp3) is 0.700. The normalized spacial score (nSPS) is 17.6. The topological polar surface area (TPSA) is 69.3 Å². The summed E-state index contributed by atoms with van der Waals surface area (Å²) in [7, 11) is 0. The smallest absolute Gasteiger partial charge is 0.407 e. The molecule has 1 aliphatic heterocycles. The van der Waals surface area contributed by atoms with E-state index in [0.717, 1.165) is 6.61 Å². The maximum atomic E-state index is 11.0. The van der Waals surface area contributed by atoms with Crippen LogP contribution in [0.15, 0.2) is 12.8 Å². The van der Waals surface area contributed by atoms with Crippen LogP contribution < -0.4 is 5.32 Å². The maximum Gasteiger partial charge on any atom is 0.407 e. The Bertz CT molecular complexity index is 217. The van der Waals surface area contributed by atoms with Crippen LogP contribution in [0, 0.1) is 0 Å². The molecule has 0 aromatic carbocycles. The van der Waals surface area contributed by atoms with Gasteiger partial charge in [-0.25, -0.2) is 4.79 Å². The fourth-order valence-electron chi connectivity index (χ4n) is 0.919. The summed E-state index contributed by atoms with van der Waals surface area (Å²) >= 11 is 0. The van der Waals surface area contributed by atoms with Crippen LogP contribution in [0.3, 0.4) is 0 Å². The van der Waals surface area contributed by atoms with E-state index < -0.39 is 6.09 Å². The Balaban J connectivity index is 1.79. The van der Waals surface area contributed by atoms with Gasteiger partial charge in [0.2, 0.25) is 0 Å². The molecule has 0 saturated carbocycles. The first-order chi connectivity index (χ1) is 7.83. The van der Waals surface area contributed by atoms with Crippen molar-refractivity contribution in [2.24, 2.45) is 0 Å². The summed E-state index contributed by atoms with van der Waals surface area (Å²) in [5, 5.41) is 2.52. The second kappa shape index (κ2) is 7.95. The molecule has 1 heterocycles. The van der Waals surface area contributed by atoms with Crippen LogP contribution >= 0.6 is 0 Å². The Morgan fingerprint density at radius 1 is 1.50 bits per heavy atom. The van der Waals surface area contributed by atoms with Crippen LogP contribution in [0.4, 0.5) is 4.79 Å². The van der Waals surface area contributed by atoms with Gasteiger partial charge in [0.05, 0.1) is 32.6 Å². The Hall–Kier alpha value is -1.27. The van der Waals surface area contributed by atoms with Gasteiger partial charge in [0.25, 0.3) is 0 Å². The molecule has 1 N–H and O–H groups in total. The molecule has 1 aliphatic rings. The molecular weight excluding hydrogens is 214 g/mol. The van der Waals surface area contributed by atoms with Crippen LogP contribution in [0.1, 0.15) is 0 Å². The Morgan fingerprint density at radius 3 is 3.00 bits per heavy atom. The molecular formula is C10H17NO5. The lowest BCUT2D eigenvalue weighted by molar-refractivity contribution is 0.0647. The predicted octanol–water partition coefficient (Wildman–Crippen LogP) is 0.288. The van der Waals surface area contributed by atoms with E-state index in [9.17, 15) is 4.79 Å². The number of epoxide rings is 1. The van der Waals surface area contributed by atoms with Crippen molar-refractivity contribution in [2.45, 2.75) is 6.10 Å². The first-order valence-corrected chi connectivity index (χ1v) is 5.15. The zero-order valence-electron chi connectivity index (χ0n) is 9.15. The third kappa shape index (κ3) is 7.08. The second-order valence-electron chi connectivity index (χ2n) is 3.13. The van der Waals surface area contributed by atoms with E-state index in [1.54, 1.807) is 0 Å². The third-order valence-corrected chi connectivity index (χ3v) is 1.77. The number of rotatable bonds is 9. The average molecular weight is 231 g/mol. The summed E-state index contributed by atoms with van der Waals surface area (Å²) in [4.78, 5) is 11.0. The molecule has 1 unspecified atom stereocenters. The van der Waals surface area contributed by atoms with Crippen molar-refractivity contribution in [1.82, 2.24) is 5.32 Å². The molecule has 1 amide bonds. The van der Waals surface area contributed by atoms with Crippen molar-refractivity contribution in [3.8, 4) is 0 Å². The van der Waals surface area contributed by atoms with Gasteiger partial charge in [-0.3, -0.25) is 0 Å². The highest BCUT2D eigenvalue weighted by Gasteiger charge is 2.22. The van der Waals surface area contributed by atoms with Gasteiger partial charge >= 0.3 is 6.09 Å². The first-order valence-electron chi connectivity index (χ1n) is 5.15. The lowest BCUT2D eigenvalue weighted by atomic mass is 10.5. The number of nitrogens with one attached hydrogen (secondary N) is 1. The highest BCUT2D eigenvalue weighted by atomic mass is 16.6. The highest BCUT2D eigenvalue weighted by molar-refractivity contribution is 5.66. The minimum absolute atomic E-state index is 0.237. The number of amides is 1. The van der Waals surface area contributed by atoms with Crippen molar-refractivity contribution in [3.63, 3.8) is 0 Å². The lowest BCUT2D eigenvalue weighted by Gasteiger charge is -2.06. The molecule has 6 nitrogen and oxygen atoms in total. The third-order valence-electron chi connectivity index (χ3n) is 1.77. The van der Waals surface area contributed by atoms with Gasteiger partial charge in [-0.05, 0) is 0 Å². The number of carbonyl (C=O) groups is 1. The largest absolute Gasteiger partial charge is 0.500 e. The van der Waals surface area contributed by atoms with Crippen molar-refractivity contribution >= 4 is 6.09 Å². The predicted molar refractivity (Wildman–Crippen MR) is 56.1 cm³/mol. The Kier molecular flexibility index (Phi) is 6.36. The summed E-state index contributed by atoms with van der Waals surface area (Å²) in [6.07, 6.45) is 1.09. The van der Waals surface area contributed by atoms with Gasteiger partial charge in [0.1, 0.15) is 19.3 Å². The van der Waals surface area contributed by atoms with Crippen molar-refractivity contribution in [3.05, 3.63) is 12.8 Å². The average Bonchev–Trinajstić information content (AvgIpc) is 3.08. The quantitative estimate of drug-likeness (QED) is 0.351. The number of alkyl carbamates (subject to hydrolysis) is 1. The monoisotopic (exact) mass is 231 g/mol. The molecule has 0 aromatic heterocycles. The van der Waals surface area contributed by atoms with Gasteiger partial charge < -0.3 is 24.3 Å². The molecule has 1 rings (SSSR count). The van der Waals surface area contributed by atoms with E-state index in [1.165, 1.54) is 6.26 Å². The molecule has 0 aromatic rings. The van der Waals surface area contributed by atoms with Gasteiger partial charge in [0, 0.05) is 0 Å². The molecule has 92 valence electrons. The minimum atomic E-state index is -0.473. The van der Waals surface area contributed by atoms with Crippen LogP contribution in [0.2, 0.25) is 0 Å². The molecule has 0 spiro atoms. The van der Waals surface area contributed by atoms with Crippen LogP contribution in [-0.2, 0) is 18.9 Å². The van der Waals surface area contributed by atoms with Crippen LogP contribution in [0.25, 0.3) is 0 Å². The summed E-state index contributed by atoms with van der Waals surface area (Å²) in [5.41, 5.74) is 0. The molecule has 1 fully saturated rings. The van der Waals surface area contributed by atoms with E-state index in [-0.39, 0.29) is 12.7 Å². The van der Waals surface area contributed by atoms with E-state index >= 15 is 0 Å². The molecule has 0 radical (unpaired) electrons. The Labute approximate surface area is 94.5 Å². The standard InChI is InChI=1S/C10H17NO5/c1-2-13-4-3-11-10(12)15-6-5-14-7-9-8-16-9/h2,9H,1,3-8H2,(H,11,12). The van der Waals surface area contributed by atoms with E-state index in [0.29, 0.717) is 26.4 Å². The van der Waals surface area contributed by atoms with E-state index in [4.69, 9.17) is 18.9 Å². The number of hydrogen-bond donors (Lipinski definition) is 1. The summed E-state index contributed by atoms with van der Waals surface area (Å²) in [6.45, 7) is 6.11. The summed E-state index contributed by atoms with van der Waals surface area (Å²) < 4.78 is 19.8. The van der Waals surface area contributed by atoms with Gasteiger partial charge in [-0.1, -0.05) is 6.58 Å². The molecule has 1 atom stereocenters. The molecule has 6 heteroatoms. The molecule has 0 bridgehead atoms. The highest BCUT2D eigenvalue weighted by Crippen LogP contribution is 2.07. The second-order valence-corrected chi connectivity index (χ2v) is 3.13. The van der Waals surface area contributed by atoms with E-state index in [2.05, 4.69) is 11.9 Å². The van der Waals surface area contributed by atoms with Gasteiger partial charge in [-0.15, -0.1) is 0 Å². The van der Waals surface area contributed by atoms with Crippen molar-refractivity contribution in [2.75, 3.05) is 39.6 Å².